The largest absolute Gasteiger partial charge is 0.391 e. The number of hydrogen-bond acceptors (Lipinski definition) is 3. The first-order chi connectivity index (χ1) is 10.9. The van der Waals surface area contributed by atoms with Gasteiger partial charge in [-0.05, 0) is 48.1 Å². The summed E-state index contributed by atoms with van der Waals surface area (Å²) in [4.78, 5) is 13.9. The second-order valence-corrected chi connectivity index (χ2v) is 8.23. The SMILES string of the molecule is Cc1c(CSC(C)C)cccc1NC(=O)N(C)CC(O)C1CC1. The van der Waals surface area contributed by atoms with Crippen LogP contribution in [0.4, 0.5) is 10.5 Å². The standard InChI is InChI=1S/C18H28N2O2S/c1-12(2)23-11-15-6-5-7-16(13(15)3)19-18(22)20(4)10-17(21)14-8-9-14/h5-7,12,14,17,21H,8-11H2,1-4H3,(H,19,22). The number of nitrogens with zero attached hydrogens (tertiary/aromatic N) is 1. The molecule has 23 heavy (non-hydrogen) atoms. The van der Waals surface area contributed by atoms with Crippen molar-refractivity contribution in [3.8, 4) is 0 Å². The summed E-state index contributed by atoms with van der Waals surface area (Å²) in [5, 5.41) is 13.5. The van der Waals surface area contributed by atoms with E-state index in [-0.39, 0.29) is 6.03 Å². The molecule has 128 valence electrons. The molecule has 2 rings (SSSR count). The maximum atomic E-state index is 12.3. The summed E-state index contributed by atoms with van der Waals surface area (Å²) in [6, 6.07) is 5.86. The zero-order chi connectivity index (χ0) is 17.0. The fourth-order valence-corrected chi connectivity index (χ4v) is 3.26. The number of rotatable bonds is 7. The minimum Gasteiger partial charge on any atom is -0.391 e. The van der Waals surface area contributed by atoms with E-state index in [2.05, 4.69) is 25.2 Å². The van der Waals surface area contributed by atoms with Crippen molar-refractivity contribution in [2.45, 2.75) is 50.7 Å². The molecule has 1 unspecified atom stereocenters. The van der Waals surface area contributed by atoms with E-state index in [1.165, 1.54) is 5.56 Å². The van der Waals surface area contributed by atoms with E-state index in [1.807, 2.05) is 30.8 Å². The van der Waals surface area contributed by atoms with Gasteiger partial charge < -0.3 is 15.3 Å². The summed E-state index contributed by atoms with van der Waals surface area (Å²) in [6.07, 6.45) is 1.75. The molecule has 0 aromatic heterocycles. The van der Waals surface area contributed by atoms with Gasteiger partial charge in [0.1, 0.15) is 0 Å². The van der Waals surface area contributed by atoms with E-state index in [1.54, 1.807) is 11.9 Å². The number of carbonyl (C=O) groups excluding carboxylic acids is 1. The van der Waals surface area contributed by atoms with Gasteiger partial charge in [-0.3, -0.25) is 0 Å². The molecule has 1 aromatic rings. The Morgan fingerprint density at radius 2 is 2.13 bits per heavy atom. The maximum absolute atomic E-state index is 12.3. The van der Waals surface area contributed by atoms with Crippen molar-refractivity contribution in [2.24, 2.45) is 5.92 Å². The smallest absolute Gasteiger partial charge is 0.321 e. The molecule has 1 atom stereocenters. The van der Waals surface area contributed by atoms with Crippen molar-refractivity contribution in [3.05, 3.63) is 29.3 Å². The van der Waals surface area contributed by atoms with Crippen LogP contribution in [-0.4, -0.2) is 41.0 Å². The van der Waals surface area contributed by atoms with E-state index < -0.39 is 6.10 Å². The first-order valence-corrected chi connectivity index (χ1v) is 9.33. The molecule has 0 radical (unpaired) electrons. The molecule has 0 spiro atoms. The van der Waals surface area contributed by atoms with Crippen molar-refractivity contribution in [1.29, 1.82) is 0 Å². The monoisotopic (exact) mass is 336 g/mol. The fourth-order valence-electron chi connectivity index (χ4n) is 2.44. The molecular weight excluding hydrogens is 308 g/mol. The minimum absolute atomic E-state index is 0.165. The number of anilines is 1. The van der Waals surface area contributed by atoms with Crippen LogP contribution >= 0.6 is 11.8 Å². The zero-order valence-electron chi connectivity index (χ0n) is 14.5. The molecular formula is C18H28N2O2S. The van der Waals surface area contributed by atoms with Gasteiger partial charge in [-0.15, -0.1) is 0 Å². The van der Waals surface area contributed by atoms with Crippen LogP contribution in [0, 0.1) is 12.8 Å². The van der Waals surface area contributed by atoms with Gasteiger partial charge >= 0.3 is 6.03 Å². The van der Waals surface area contributed by atoms with Crippen LogP contribution < -0.4 is 5.32 Å². The Labute approximate surface area is 143 Å². The normalized spacial score (nSPS) is 15.6. The number of nitrogens with one attached hydrogen (secondary N) is 1. The van der Waals surface area contributed by atoms with E-state index in [9.17, 15) is 9.90 Å². The molecule has 0 bridgehead atoms. The van der Waals surface area contributed by atoms with Crippen molar-refractivity contribution < 1.29 is 9.90 Å². The van der Waals surface area contributed by atoms with Gasteiger partial charge in [0.2, 0.25) is 0 Å². The minimum atomic E-state index is -0.402. The Kier molecular flexibility index (Phi) is 6.36. The summed E-state index contributed by atoms with van der Waals surface area (Å²) < 4.78 is 0. The molecule has 1 aliphatic rings. The van der Waals surface area contributed by atoms with E-state index >= 15 is 0 Å². The molecule has 2 amide bonds. The van der Waals surface area contributed by atoms with Gasteiger partial charge in [-0.2, -0.15) is 11.8 Å². The molecule has 1 fully saturated rings. The van der Waals surface area contributed by atoms with E-state index in [0.29, 0.717) is 17.7 Å². The number of likely N-dealkylation sites (N-methyl/N-ethyl adjacent to an activating group) is 1. The number of aliphatic hydroxyl groups is 1. The predicted octanol–water partition coefficient (Wildman–Crippen LogP) is 3.87. The van der Waals surface area contributed by atoms with Crippen LogP contribution in [0.5, 0.6) is 0 Å². The number of thioether (sulfide) groups is 1. The summed E-state index contributed by atoms with van der Waals surface area (Å²) >= 11 is 1.89. The molecule has 1 saturated carbocycles. The van der Waals surface area contributed by atoms with Crippen LogP contribution in [0.1, 0.15) is 37.8 Å². The van der Waals surface area contributed by atoms with Gasteiger partial charge in [0.25, 0.3) is 0 Å². The Bertz CT molecular complexity index is 544. The maximum Gasteiger partial charge on any atom is 0.321 e. The van der Waals surface area contributed by atoms with Crippen molar-refractivity contribution >= 4 is 23.5 Å². The van der Waals surface area contributed by atoms with Crippen LogP contribution in [0.3, 0.4) is 0 Å². The molecule has 2 N–H and O–H groups in total. The fraction of sp³-hybridized carbons (Fsp3) is 0.611. The van der Waals surface area contributed by atoms with Gasteiger partial charge in [-0.1, -0.05) is 26.0 Å². The molecule has 1 aromatic carbocycles. The van der Waals surface area contributed by atoms with Crippen LogP contribution in [0.15, 0.2) is 18.2 Å². The second-order valence-electron chi connectivity index (χ2n) is 6.66. The molecule has 5 heteroatoms. The summed E-state index contributed by atoms with van der Waals surface area (Å²) in [5.74, 6) is 1.33. The summed E-state index contributed by atoms with van der Waals surface area (Å²) in [6.45, 7) is 6.81. The first-order valence-electron chi connectivity index (χ1n) is 8.28. The van der Waals surface area contributed by atoms with Crippen LogP contribution in [0.2, 0.25) is 0 Å². The Morgan fingerprint density at radius 3 is 2.74 bits per heavy atom. The van der Waals surface area contributed by atoms with Crippen LogP contribution in [-0.2, 0) is 5.75 Å². The zero-order valence-corrected chi connectivity index (χ0v) is 15.3. The number of amides is 2. The summed E-state index contributed by atoms with van der Waals surface area (Å²) in [5.41, 5.74) is 3.22. The van der Waals surface area contributed by atoms with Gasteiger partial charge in [-0.25, -0.2) is 4.79 Å². The second kappa shape index (κ2) is 8.06. The summed E-state index contributed by atoms with van der Waals surface area (Å²) in [7, 11) is 1.73. The van der Waals surface area contributed by atoms with E-state index in [4.69, 9.17) is 0 Å². The highest BCUT2D eigenvalue weighted by atomic mass is 32.2. The van der Waals surface area contributed by atoms with Crippen molar-refractivity contribution in [1.82, 2.24) is 4.90 Å². The third-order valence-electron chi connectivity index (χ3n) is 4.23. The Hall–Kier alpha value is -1.20. The first kappa shape index (κ1) is 18.1. The highest BCUT2D eigenvalue weighted by Gasteiger charge is 2.31. The number of aliphatic hydroxyl groups excluding tert-OH is 1. The highest BCUT2D eigenvalue weighted by Crippen LogP contribution is 2.32. The lowest BCUT2D eigenvalue weighted by atomic mass is 10.1. The topological polar surface area (TPSA) is 52.6 Å². The number of urea groups is 1. The average molecular weight is 337 g/mol. The van der Waals surface area contributed by atoms with Crippen LogP contribution in [0.25, 0.3) is 0 Å². The van der Waals surface area contributed by atoms with Gasteiger partial charge in [0.15, 0.2) is 0 Å². The highest BCUT2D eigenvalue weighted by molar-refractivity contribution is 7.99. The Morgan fingerprint density at radius 1 is 1.43 bits per heavy atom. The van der Waals surface area contributed by atoms with Crippen molar-refractivity contribution in [2.75, 3.05) is 18.9 Å². The lowest BCUT2D eigenvalue weighted by Gasteiger charge is -2.22. The molecule has 1 aliphatic carbocycles. The quantitative estimate of drug-likeness (QED) is 0.795. The Balaban J connectivity index is 1.95. The number of benzene rings is 1. The lowest BCUT2D eigenvalue weighted by Crippen LogP contribution is -2.38. The lowest BCUT2D eigenvalue weighted by molar-refractivity contribution is 0.117. The number of hydrogen-bond donors (Lipinski definition) is 2. The number of carbonyl (C=O) groups is 1. The van der Waals surface area contributed by atoms with Gasteiger partial charge in [0.05, 0.1) is 6.10 Å². The average Bonchev–Trinajstić information content (AvgIpc) is 3.32. The third kappa shape index (κ3) is 5.43. The van der Waals surface area contributed by atoms with E-state index in [0.717, 1.165) is 29.8 Å². The molecule has 0 saturated heterocycles. The molecule has 0 aliphatic heterocycles. The van der Waals surface area contributed by atoms with Gasteiger partial charge in [0, 0.05) is 25.0 Å². The molecule has 0 heterocycles. The molecule has 4 nitrogen and oxygen atoms in total. The predicted molar refractivity (Wildman–Crippen MR) is 98.0 cm³/mol. The van der Waals surface area contributed by atoms with Crippen molar-refractivity contribution in [3.63, 3.8) is 0 Å². The third-order valence-corrected chi connectivity index (χ3v) is 5.38.